The quantitative estimate of drug-likeness (QED) is 0.631. The van der Waals surface area contributed by atoms with Crippen LogP contribution in [0.5, 0.6) is 0 Å². The molecule has 0 aliphatic rings. The lowest BCUT2D eigenvalue weighted by Gasteiger charge is -2.05. The topological polar surface area (TPSA) is 98.7 Å². The molecular weight excluding hydrogens is 271 g/mol. The van der Waals surface area contributed by atoms with Gasteiger partial charge in [0, 0.05) is 12.7 Å². The first-order chi connectivity index (χ1) is 9.06. The highest BCUT2D eigenvalue weighted by molar-refractivity contribution is 7.99. The van der Waals surface area contributed by atoms with Crippen LogP contribution in [0, 0.1) is 5.82 Å². The van der Waals surface area contributed by atoms with Gasteiger partial charge < -0.3 is 11.1 Å². The lowest BCUT2D eigenvalue weighted by molar-refractivity contribution is -0.113. The highest BCUT2D eigenvalue weighted by atomic mass is 32.2. The van der Waals surface area contributed by atoms with Crippen LogP contribution in [0.25, 0.3) is 0 Å². The van der Waals surface area contributed by atoms with Crippen molar-refractivity contribution in [2.75, 3.05) is 16.8 Å². The van der Waals surface area contributed by atoms with E-state index in [1.54, 1.807) is 7.05 Å². The van der Waals surface area contributed by atoms with Crippen molar-refractivity contribution in [2.24, 2.45) is 7.05 Å². The summed E-state index contributed by atoms with van der Waals surface area (Å²) in [6, 6.07) is 4.00. The maximum atomic E-state index is 12.9. The van der Waals surface area contributed by atoms with E-state index in [0.717, 1.165) is 0 Å². The van der Waals surface area contributed by atoms with Crippen LogP contribution < -0.4 is 11.1 Å². The average Bonchev–Trinajstić information content (AvgIpc) is 2.77. The van der Waals surface area contributed by atoms with Gasteiger partial charge >= 0.3 is 0 Å². The number of rotatable bonds is 4. The van der Waals surface area contributed by atoms with Gasteiger partial charge in [-0.1, -0.05) is 11.8 Å². The summed E-state index contributed by atoms with van der Waals surface area (Å²) in [4.78, 5) is 11.7. The van der Waals surface area contributed by atoms with Crippen LogP contribution in [0.4, 0.5) is 15.8 Å². The summed E-state index contributed by atoms with van der Waals surface area (Å²) in [5.74, 6) is -0.623. The Morgan fingerprint density at radius 1 is 1.58 bits per heavy atom. The summed E-state index contributed by atoms with van der Waals surface area (Å²) in [6.07, 6.45) is 0. The van der Waals surface area contributed by atoms with E-state index in [-0.39, 0.29) is 17.3 Å². The van der Waals surface area contributed by atoms with Crippen LogP contribution in [0.15, 0.2) is 23.4 Å². The molecule has 0 bridgehead atoms. The van der Waals surface area contributed by atoms with Crippen molar-refractivity contribution in [1.29, 1.82) is 0 Å². The Balaban J connectivity index is 1.91. The predicted octanol–water partition coefficient (Wildman–Crippen LogP) is 0.662. The number of amides is 1. The standard InChI is InChI=1S/C10H11FN6OS/c1-17-10(14-15-16-17)19-5-9(18)13-6-2-3-7(11)8(12)4-6/h2-4H,5,12H2,1H3,(H,13,18). The van der Waals surface area contributed by atoms with E-state index in [1.165, 1.54) is 34.6 Å². The number of nitrogens with two attached hydrogens (primary N) is 1. The van der Waals surface area contributed by atoms with E-state index >= 15 is 0 Å². The molecule has 0 unspecified atom stereocenters. The number of hydrogen-bond acceptors (Lipinski definition) is 6. The van der Waals surface area contributed by atoms with Gasteiger partial charge in [-0.05, 0) is 28.6 Å². The Hall–Kier alpha value is -2.16. The maximum absolute atomic E-state index is 12.9. The smallest absolute Gasteiger partial charge is 0.234 e. The fraction of sp³-hybridized carbons (Fsp3) is 0.200. The zero-order chi connectivity index (χ0) is 13.8. The molecule has 100 valence electrons. The highest BCUT2D eigenvalue weighted by Gasteiger charge is 2.08. The van der Waals surface area contributed by atoms with Gasteiger partial charge in [0.2, 0.25) is 11.1 Å². The van der Waals surface area contributed by atoms with Crippen molar-refractivity contribution in [3.63, 3.8) is 0 Å². The highest BCUT2D eigenvalue weighted by Crippen LogP contribution is 2.17. The Kier molecular flexibility index (Phi) is 3.95. The van der Waals surface area contributed by atoms with E-state index in [0.29, 0.717) is 10.8 Å². The predicted molar refractivity (Wildman–Crippen MR) is 69.0 cm³/mol. The Morgan fingerprint density at radius 3 is 3.00 bits per heavy atom. The maximum Gasteiger partial charge on any atom is 0.234 e. The summed E-state index contributed by atoms with van der Waals surface area (Å²) in [7, 11) is 1.68. The molecule has 0 spiro atoms. The number of nitrogen functional groups attached to an aromatic ring is 1. The lowest BCUT2D eigenvalue weighted by atomic mass is 10.2. The molecule has 0 fully saturated rings. The van der Waals surface area contributed by atoms with Crippen LogP contribution in [0.1, 0.15) is 0 Å². The monoisotopic (exact) mass is 282 g/mol. The molecule has 1 amide bonds. The number of halogens is 1. The summed E-state index contributed by atoms with van der Waals surface area (Å²) < 4.78 is 14.4. The Labute approximate surface area is 112 Å². The molecule has 1 heterocycles. The number of benzene rings is 1. The van der Waals surface area contributed by atoms with Crippen molar-refractivity contribution in [1.82, 2.24) is 20.2 Å². The zero-order valence-electron chi connectivity index (χ0n) is 10.00. The van der Waals surface area contributed by atoms with Gasteiger partial charge in [0.1, 0.15) is 5.82 Å². The van der Waals surface area contributed by atoms with E-state index in [2.05, 4.69) is 20.8 Å². The summed E-state index contributed by atoms with van der Waals surface area (Å²) in [5.41, 5.74) is 5.84. The number of tetrazole rings is 1. The third-order valence-corrected chi connectivity index (χ3v) is 3.20. The van der Waals surface area contributed by atoms with Crippen LogP contribution >= 0.6 is 11.8 Å². The molecule has 0 aliphatic heterocycles. The number of carbonyl (C=O) groups is 1. The molecule has 2 aromatic rings. The van der Waals surface area contributed by atoms with Crippen LogP contribution in [0.3, 0.4) is 0 Å². The minimum absolute atomic E-state index is 0.0112. The van der Waals surface area contributed by atoms with Crippen molar-refractivity contribution in [2.45, 2.75) is 5.16 Å². The second kappa shape index (κ2) is 5.65. The Bertz CT molecular complexity index is 601. The first-order valence-electron chi connectivity index (χ1n) is 5.26. The number of hydrogen-bond donors (Lipinski definition) is 2. The van der Waals surface area contributed by atoms with E-state index < -0.39 is 5.82 Å². The summed E-state index contributed by atoms with van der Waals surface area (Å²) >= 11 is 1.20. The molecule has 1 aromatic heterocycles. The molecule has 0 saturated carbocycles. The third kappa shape index (κ3) is 3.41. The Morgan fingerprint density at radius 2 is 2.37 bits per heavy atom. The first kappa shape index (κ1) is 13.3. The van der Waals surface area contributed by atoms with Gasteiger partial charge in [0.05, 0.1) is 11.4 Å². The third-order valence-electron chi connectivity index (χ3n) is 2.19. The van der Waals surface area contributed by atoms with Crippen LogP contribution in [-0.2, 0) is 11.8 Å². The molecular formula is C10H11FN6OS. The number of thioether (sulfide) groups is 1. The molecule has 0 saturated heterocycles. The molecule has 3 N–H and O–H groups in total. The van der Waals surface area contributed by atoms with Crippen molar-refractivity contribution in [3.05, 3.63) is 24.0 Å². The van der Waals surface area contributed by atoms with E-state index in [1.807, 2.05) is 0 Å². The van der Waals surface area contributed by atoms with Crippen LogP contribution in [0.2, 0.25) is 0 Å². The second-order valence-corrected chi connectivity index (χ2v) is 4.60. The summed E-state index contributed by atoms with van der Waals surface area (Å²) in [5, 5.41) is 14.0. The van der Waals surface area contributed by atoms with Gasteiger partial charge in [0.15, 0.2) is 0 Å². The average molecular weight is 282 g/mol. The van der Waals surface area contributed by atoms with Crippen molar-refractivity contribution < 1.29 is 9.18 Å². The van der Waals surface area contributed by atoms with Crippen molar-refractivity contribution in [3.8, 4) is 0 Å². The van der Waals surface area contributed by atoms with Crippen molar-refractivity contribution >= 4 is 29.0 Å². The molecule has 1 aromatic carbocycles. The fourth-order valence-corrected chi connectivity index (χ4v) is 1.94. The van der Waals surface area contributed by atoms with Gasteiger partial charge in [0.25, 0.3) is 0 Å². The molecule has 0 atom stereocenters. The fourth-order valence-electron chi connectivity index (χ4n) is 1.29. The van der Waals surface area contributed by atoms with Gasteiger partial charge in [-0.2, -0.15) is 0 Å². The molecule has 2 rings (SSSR count). The zero-order valence-corrected chi connectivity index (χ0v) is 10.8. The van der Waals surface area contributed by atoms with E-state index in [9.17, 15) is 9.18 Å². The second-order valence-electron chi connectivity index (χ2n) is 3.66. The molecule has 0 radical (unpaired) electrons. The SMILES string of the molecule is Cn1nnnc1SCC(=O)Nc1ccc(F)c(N)c1. The molecule has 9 heteroatoms. The number of nitrogens with zero attached hydrogens (tertiary/aromatic N) is 4. The van der Waals surface area contributed by atoms with Gasteiger partial charge in [-0.3, -0.25) is 4.79 Å². The minimum atomic E-state index is -0.516. The minimum Gasteiger partial charge on any atom is -0.396 e. The number of aryl methyl sites for hydroxylation is 1. The number of nitrogens with one attached hydrogen (secondary N) is 1. The number of carbonyl (C=O) groups excluding carboxylic acids is 1. The van der Waals surface area contributed by atoms with Gasteiger partial charge in [-0.15, -0.1) is 5.10 Å². The van der Waals surface area contributed by atoms with Crippen LogP contribution in [-0.4, -0.2) is 31.9 Å². The molecule has 0 aliphatic carbocycles. The lowest BCUT2D eigenvalue weighted by Crippen LogP contribution is -2.14. The first-order valence-corrected chi connectivity index (χ1v) is 6.25. The van der Waals surface area contributed by atoms with E-state index in [4.69, 9.17) is 5.73 Å². The summed E-state index contributed by atoms with van der Waals surface area (Å²) in [6.45, 7) is 0. The number of anilines is 2. The van der Waals surface area contributed by atoms with Gasteiger partial charge in [-0.25, -0.2) is 9.07 Å². The molecule has 7 nitrogen and oxygen atoms in total. The largest absolute Gasteiger partial charge is 0.396 e. The normalized spacial score (nSPS) is 10.4. The molecule has 19 heavy (non-hydrogen) atoms. The number of aromatic nitrogens is 4.